The predicted molar refractivity (Wildman–Crippen MR) is 351 cm³/mol. The minimum atomic E-state index is 0.257. The molecule has 0 aliphatic carbocycles. The highest BCUT2D eigenvalue weighted by Crippen LogP contribution is 2.45. The van der Waals surface area contributed by atoms with Crippen LogP contribution in [0.4, 0.5) is 17.5 Å². The van der Waals surface area contributed by atoms with Crippen LogP contribution < -0.4 is 61.6 Å². The Morgan fingerprint density at radius 2 is 0.857 bits per heavy atom. The highest BCUT2D eigenvalue weighted by Gasteiger charge is 2.25. The number of nitrogen functional groups attached to an aromatic ring is 3. The molecule has 0 atom stereocenters. The Morgan fingerprint density at radius 3 is 1.24 bits per heavy atom. The molecule has 0 fully saturated rings. The van der Waals surface area contributed by atoms with Crippen molar-refractivity contribution in [1.29, 1.82) is 0 Å². The van der Waals surface area contributed by atoms with Crippen molar-refractivity contribution >= 4 is 154 Å². The number of halogens is 3. The Kier molecular flexibility index (Phi) is 20.9. The van der Waals surface area contributed by atoms with Crippen LogP contribution in [0.15, 0.2) is 85.5 Å². The summed E-state index contributed by atoms with van der Waals surface area (Å²) in [6, 6.07) is 13.3. The van der Waals surface area contributed by atoms with E-state index in [4.69, 9.17) is 60.6 Å². The minimum absolute atomic E-state index is 0.257. The Morgan fingerprint density at radius 1 is 0.512 bits per heavy atom. The first kappa shape index (κ1) is 61.7. The van der Waals surface area contributed by atoms with Crippen LogP contribution >= 0.6 is 103 Å². The molecule has 3 aromatic carbocycles. The summed E-state index contributed by atoms with van der Waals surface area (Å²) in [6.45, 7) is 18.7. The van der Waals surface area contributed by atoms with Gasteiger partial charge in [0.25, 0.3) is 0 Å². The van der Waals surface area contributed by atoms with Crippen LogP contribution in [0.1, 0.15) is 60.8 Å². The molecule has 9 heterocycles. The molecule has 9 aromatic rings. The van der Waals surface area contributed by atoms with Gasteiger partial charge in [0.2, 0.25) is 20.4 Å². The molecule has 0 saturated heterocycles. The number of hydrogen-bond donors (Lipinski definition) is 6. The summed E-state index contributed by atoms with van der Waals surface area (Å²) in [7, 11) is 0. The number of aromatic nitrogens is 12. The summed E-state index contributed by atoms with van der Waals surface area (Å²) in [5.74, 6) is 5.78. The average Bonchev–Trinajstić information content (AvgIpc) is 3.39. The molecule has 6 aromatic heterocycles. The van der Waals surface area contributed by atoms with Crippen molar-refractivity contribution in [2.45, 2.75) is 129 Å². The summed E-state index contributed by atoms with van der Waals surface area (Å²) in [6.07, 6.45) is 7.33. The lowest BCUT2D eigenvalue weighted by Crippen LogP contribution is -2.24. The highest BCUT2D eigenvalue weighted by molar-refractivity contribution is 14.1. The Labute approximate surface area is 538 Å². The van der Waals surface area contributed by atoms with Crippen molar-refractivity contribution in [3.8, 4) is 34.5 Å². The number of aryl methyl sites for hydroxylation is 3. The summed E-state index contributed by atoms with van der Waals surface area (Å²) in [4.78, 5) is 42.9. The van der Waals surface area contributed by atoms with E-state index in [2.05, 4.69) is 169 Å². The second kappa shape index (κ2) is 28.4. The van der Waals surface area contributed by atoms with Crippen LogP contribution in [0.3, 0.4) is 0 Å². The number of fused-ring (bicyclic) bond motifs is 6. The monoisotopic (exact) mass is 1540 g/mol. The van der Waals surface area contributed by atoms with Gasteiger partial charge in [-0.1, -0.05) is 76.8 Å². The third-order valence-electron chi connectivity index (χ3n) is 12.8. The van der Waals surface area contributed by atoms with Gasteiger partial charge in [0.15, 0.2) is 101 Å². The van der Waals surface area contributed by atoms with Crippen LogP contribution in [0, 0.1) is 10.7 Å². The van der Waals surface area contributed by atoms with Gasteiger partial charge >= 0.3 is 0 Å². The van der Waals surface area contributed by atoms with E-state index in [0.717, 1.165) is 151 Å². The van der Waals surface area contributed by atoms with Gasteiger partial charge in [0.05, 0.1) is 0 Å². The van der Waals surface area contributed by atoms with Crippen molar-refractivity contribution in [1.82, 2.24) is 74.5 Å². The summed E-state index contributed by atoms with van der Waals surface area (Å²) < 4.78 is 42.5. The number of benzene rings is 3. The van der Waals surface area contributed by atoms with Gasteiger partial charge in [-0.15, -0.1) is 0 Å². The zero-order valence-corrected chi connectivity index (χ0v) is 55.7. The number of nitrogens with two attached hydrogens (primary N) is 3. The molecule has 3 aliphatic heterocycles. The molecule has 12 rings (SSSR count). The molecule has 30 heteroatoms. The number of nitrogens with one attached hydrogen (secondary N) is 3. The van der Waals surface area contributed by atoms with Crippen molar-refractivity contribution < 1.29 is 28.4 Å². The first-order valence-electron chi connectivity index (χ1n) is 27.0. The van der Waals surface area contributed by atoms with Crippen molar-refractivity contribution in [3.05, 3.63) is 66.1 Å². The molecule has 9 N–H and O–H groups in total. The fraction of sp³-hybridized carbons (Fsp3) is 0.389. The third-order valence-corrected chi connectivity index (χ3v) is 19.7. The molecule has 84 heavy (non-hydrogen) atoms. The molecule has 0 unspecified atom stereocenters. The molecule has 0 bridgehead atoms. The molecule has 0 spiro atoms. The zero-order chi connectivity index (χ0) is 59.0. The maximum absolute atomic E-state index is 6.04. The lowest BCUT2D eigenvalue weighted by atomic mass is 10.2. The number of rotatable bonds is 21. The standard InChI is InChI=1S/3C18H21IN6O2S/c3*1-10(2)21-4-3-5-25-17-15(16(20)22-8-23-17)24-18(25)28-14-7-13-12(6-11(14)19)26-9-27-13/h3*6-8,10,21H,3-5,9H2,1-2H3,(H2,20,22,23)/i26-1,27-1;19+4,21-1;9-1. The SMILES string of the molecule is CC(C)NCCCn1c(Sc2cc3c(cc2I)O[11CH2]O3)nc2c(N)ncnc21.CC(C)NCCCn1c(Sc2cc3c(cc2I)[15O]C[15O]3)nc2c(N)ncnc21.CC(C)[13NH]CCCn1c(Sc2cc3c(cc2[131I])OCO3)nc2c(N)ncnc21. The van der Waals surface area contributed by atoms with Gasteiger partial charge in [0, 0.05) is 63.2 Å². The minimum Gasteiger partial charge on any atom is -0.454 e. The third kappa shape index (κ3) is 14.9. The number of anilines is 3. The molecule has 24 nitrogen and oxygen atoms in total. The fourth-order valence-corrected chi connectivity index (χ4v) is 13.9. The van der Waals surface area contributed by atoms with Crippen LogP contribution in [0.25, 0.3) is 33.5 Å². The molecule has 0 radical (unpaired) electrons. The molecular formula is C54H63I3N18O6S3. The van der Waals surface area contributed by atoms with Crippen molar-refractivity contribution in [3.63, 3.8) is 0 Å². The predicted octanol–water partition coefficient (Wildman–Crippen LogP) is 9.84. The van der Waals surface area contributed by atoms with E-state index >= 15 is 0 Å². The largest absolute Gasteiger partial charge is 0.454 e. The first-order chi connectivity index (χ1) is 40.6. The smallest absolute Gasteiger partial charge is 0.231 e. The summed E-state index contributed by atoms with van der Waals surface area (Å²) in [5, 5.41) is 12.8. The van der Waals surface area contributed by atoms with E-state index in [1.165, 1.54) is 19.0 Å². The molecule has 3 aliphatic rings. The van der Waals surface area contributed by atoms with Crippen LogP contribution in [-0.2, 0) is 19.6 Å². The Bertz CT molecular complexity index is 3410. The van der Waals surface area contributed by atoms with Gasteiger partial charge < -0.3 is 75.3 Å². The van der Waals surface area contributed by atoms with E-state index in [1.807, 2.05) is 36.4 Å². The lowest BCUT2D eigenvalue weighted by molar-refractivity contribution is 0.173. The number of nitrogens with zero attached hydrogens (tertiary/aromatic N) is 12. The molecule has 0 saturated carbocycles. The van der Waals surface area contributed by atoms with Gasteiger partial charge in [0.1, 0.15) is 19.0 Å². The number of ether oxygens (including phenoxy) is 6. The number of hydrogen-bond acceptors (Lipinski definition) is 24. The first-order valence-corrected chi connectivity index (χ1v) is 32.7. The quantitative estimate of drug-likeness (QED) is 0.0288. The lowest BCUT2D eigenvalue weighted by Gasteiger charge is -2.11. The van der Waals surface area contributed by atoms with Gasteiger partial charge in [-0.3, -0.25) is 0 Å². The second-order valence-electron chi connectivity index (χ2n) is 20.0. The summed E-state index contributed by atoms with van der Waals surface area (Å²) in [5.41, 5.74) is 22.3. The van der Waals surface area contributed by atoms with E-state index in [1.54, 1.807) is 35.3 Å². The molecule has 444 valence electrons. The normalized spacial score (nSPS) is 13.0. The average molecular weight is 1540 g/mol. The van der Waals surface area contributed by atoms with E-state index in [-0.39, 0.29) is 20.4 Å². The maximum atomic E-state index is 6.04. The zero-order valence-electron chi connectivity index (χ0n) is 46.8. The highest BCUT2D eigenvalue weighted by atomic mass is 131. The van der Waals surface area contributed by atoms with Crippen molar-refractivity contribution in [2.75, 3.05) is 57.2 Å². The summed E-state index contributed by atoms with van der Waals surface area (Å²) >= 11 is 11.6. The van der Waals surface area contributed by atoms with Gasteiger partial charge in [-0.25, -0.2) is 44.9 Å². The Hall–Kier alpha value is -5.37. The topological polar surface area (TPSA) is 300 Å². The van der Waals surface area contributed by atoms with Crippen LogP contribution in [-0.4, -0.2) is 117 Å². The van der Waals surface area contributed by atoms with E-state index < -0.39 is 0 Å². The second-order valence-corrected chi connectivity index (χ2v) is 26.5. The van der Waals surface area contributed by atoms with Crippen LogP contribution in [0.2, 0.25) is 0 Å². The van der Waals surface area contributed by atoms with Crippen molar-refractivity contribution in [2.24, 2.45) is 0 Å². The van der Waals surface area contributed by atoms with E-state index in [0.29, 0.717) is 52.1 Å². The fourth-order valence-electron chi connectivity index (χ4n) is 8.75. The molecule has 0 amide bonds. The van der Waals surface area contributed by atoms with Gasteiger partial charge in [-0.2, -0.15) is 0 Å². The maximum Gasteiger partial charge on any atom is 0.231 e. The van der Waals surface area contributed by atoms with E-state index in [9.17, 15) is 0 Å². The Balaban J connectivity index is 0.000000140. The van der Waals surface area contributed by atoms with Crippen LogP contribution in [0.5, 0.6) is 34.5 Å². The molecular weight excluding hydrogens is 1470 g/mol. The number of imidazole rings is 3. The van der Waals surface area contributed by atoms with Gasteiger partial charge in [-0.05, 0) is 143 Å².